The summed E-state index contributed by atoms with van der Waals surface area (Å²) in [4.78, 5) is 0. The van der Waals surface area contributed by atoms with Gasteiger partial charge in [0.15, 0.2) is 0 Å². The van der Waals surface area contributed by atoms with Gasteiger partial charge in [-0.2, -0.15) is 0 Å². The molecule has 0 saturated heterocycles. The minimum atomic E-state index is -0.726. The number of aliphatic hydroxyl groups is 1. The lowest BCUT2D eigenvalue weighted by Crippen LogP contribution is -2.42. The molecule has 0 heterocycles. The molecule has 1 N–H and O–H groups in total. The summed E-state index contributed by atoms with van der Waals surface area (Å²) in [6.45, 7) is 10.0. The van der Waals surface area contributed by atoms with Crippen molar-refractivity contribution in [3.05, 3.63) is 0 Å². The predicted molar refractivity (Wildman–Crippen MR) is 53.6 cm³/mol. The van der Waals surface area contributed by atoms with Crippen molar-refractivity contribution in [2.75, 3.05) is 0 Å². The van der Waals surface area contributed by atoms with E-state index < -0.39 is 5.60 Å². The summed E-state index contributed by atoms with van der Waals surface area (Å²) >= 11 is 0. The second-order valence-corrected chi connectivity index (χ2v) is 5.21. The molecule has 1 saturated carbocycles. The van der Waals surface area contributed by atoms with Crippen LogP contribution in [0.3, 0.4) is 0 Å². The number of hydrogen-bond donors (Lipinski definition) is 1. The monoisotopic (exact) mass is 186 g/mol. The van der Waals surface area contributed by atoms with Crippen LogP contribution in [0.15, 0.2) is 0 Å². The van der Waals surface area contributed by atoms with Crippen molar-refractivity contribution in [2.45, 2.75) is 58.8 Å². The van der Waals surface area contributed by atoms with E-state index in [-0.39, 0.29) is 6.10 Å². The Bertz CT molecular complexity index is 169. The topological polar surface area (TPSA) is 29.5 Å². The van der Waals surface area contributed by atoms with Gasteiger partial charge in [0, 0.05) is 0 Å². The van der Waals surface area contributed by atoms with Gasteiger partial charge in [-0.3, -0.25) is 0 Å². The molecule has 0 amide bonds. The minimum Gasteiger partial charge on any atom is -0.388 e. The Morgan fingerprint density at radius 2 is 1.85 bits per heavy atom. The molecule has 13 heavy (non-hydrogen) atoms. The van der Waals surface area contributed by atoms with E-state index >= 15 is 0 Å². The van der Waals surface area contributed by atoms with E-state index in [1.165, 1.54) is 0 Å². The summed E-state index contributed by atoms with van der Waals surface area (Å²) < 4.78 is 5.85. The maximum atomic E-state index is 9.89. The maximum Gasteiger partial charge on any atom is 0.0883 e. The number of rotatable bonds is 4. The van der Waals surface area contributed by atoms with Crippen LogP contribution in [-0.2, 0) is 4.74 Å². The van der Waals surface area contributed by atoms with Crippen LogP contribution >= 0.6 is 0 Å². The highest BCUT2D eigenvalue weighted by Crippen LogP contribution is 2.36. The largest absolute Gasteiger partial charge is 0.388 e. The first kappa shape index (κ1) is 11.0. The van der Waals surface area contributed by atoms with Crippen molar-refractivity contribution >= 4 is 0 Å². The average molecular weight is 186 g/mol. The SMILES string of the molecule is CC1CC1O[C@@H](C(C)C)C(C)(C)O. The molecule has 0 spiro atoms. The first-order chi connectivity index (χ1) is 5.82. The van der Waals surface area contributed by atoms with Crippen molar-refractivity contribution in [3.8, 4) is 0 Å². The van der Waals surface area contributed by atoms with Gasteiger partial charge in [-0.15, -0.1) is 0 Å². The normalized spacial score (nSPS) is 30.7. The highest BCUT2D eigenvalue weighted by Gasteiger charge is 2.40. The van der Waals surface area contributed by atoms with Crippen molar-refractivity contribution < 1.29 is 9.84 Å². The van der Waals surface area contributed by atoms with Crippen molar-refractivity contribution in [1.82, 2.24) is 0 Å². The van der Waals surface area contributed by atoms with Gasteiger partial charge >= 0.3 is 0 Å². The van der Waals surface area contributed by atoms with Gasteiger partial charge in [0.1, 0.15) is 0 Å². The molecule has 2 nitrogen and oxygen atoms in total. The highest BCUT2D eigenvalue weighted by molar-refractivity contribution is 4.89. The van der Waals surface area contributed by atoms with Gasteiger partial charge in [-0.25, -0.2) is 0 Å². The molecule has 1 aliphatic carbocycles. The van der Waals surface area contributed by atoms with Crippen LogP contribution in [-0.4, -0.2) is 22.9 Å². The van der Waals surface area contributed by atoms with Crippen molar-refractivity contribution in [2.24, 2.45) is 11.8 Å². The summed E-state index contributed by atoms with van der Waals surface area (Å²) in [5, 5.41) is 9.89. The molecule has 1 fully saturated rings. The smallest absolute Gasteiger partial charge is 0.0883 e. The molecule has 1 aliphatic rings. The van der Waals surface area contributed by atoms with Gasteiger partial charge in [0.05, 0.1) is 17.8 Å². The maximum absolute atomic E-state index is 9.89. The zero-order chi connectivity index (χ0) is 10.2. The standard InChI is InChI=1S/C11H22O2/c1-7(2)10(11(4,5)12)13-9-6-8(9)3/h7-10,12H,6H2,1-5H3/t8?,9?,10-/m0/s1. The minimum absolute atomic E-state index is 0.0394. The van der Waals surface area contributed by atoms with Crippen LogP contribution in [0.4, 0.5) is 0 Å². The second-order valence-electron chi connectivity index (χ2n) is 5.21. The number of ether oxygens (including phenoxy) is 1. The molecule has 0 radical (unpaired) electrons. The van der Waals surface area contributed by atoms with E-state index in [0.29, 0.717) is 17.9 Å². The quantitative estimate of drug-likeness (QED) is 0.729. The summed E-state index contributed by atoms with van der Waals surface area (Å²) in [6, 6.07) is 0. The van der Waals surface area contributed by atoms with E-state index in [1.807, 2.05) is 13.8 Å². The van der Waals surface area contributed by atoms with Crippen LogP contribution < -0.4 is 0 Å². The first-order valence-electron chi connectivity index (χ1n) is 5.20. The lowest BCUT2D eigenvalue weighted by atomic mass is 9.92. The average Bonchev–Trinajstić information content (AvgIpc) is 2.58. The fourth-order valence-electron chi connectivity index (χ4n) is 1.81. The van der Waals surface area contributed by atoms with E-state index in [2.05, 4.69) is 20.8 Å². The second kappa shape index (κ2) is 3.58. The third-order valence-electron chi connectivity index (χ3n) is 2.66. The molecule has 3 atom stereocenters. The summed E-state index contributed by atoms with van der Waals surface area (Å²) in [6.07, 6.45) is 1.50. The summed E-state index contributed by atoms with van der Waals surface area (Å²) in [7, 11) is 0. The Hall–Kier alpha value is -0.0800. The van der Waals surface area contributed by atoms with Gasteiger partial charge < -0.3 is 9.84 Å². The van der Waals surface area contributed by atoms with Crippen molar-refractivity contribution in [3.63, 3.8) is 0 Å². The molecule has 0 bridgehead atoms. The van der Waals surface area contributed by atoms with Crippen LogP contribution in [0, 0.1) is 11.8 Å². The third-order valence-corrected chi connectivity index (χ3v) is 2.66. The Balaban J connectivity index is 2.48. The van der Waals surface area contributed by atoms with Gasteiger partial charge in [0.2, 0.25) is 0 Å². The molecule has 78 valence electrons. The van der Waals surface area contributed by atoms with Crippen LogP contribution in [0.5, 0.6) is 0 Å². The Morgan fingerprint density at radius 1 is 1.38 bits per heavy atom. The zero-order valence-corrected chi connectivity index (χ0v) is 9.37. The molecule has 0 aromatic rings. The molecule has 0 aromatic carbocycles. The van der Waals surface area contributed by atoms with E-state index in [4.69, 9.17) is 4.74 Å². The molecule has 0 aromatic heterocycles. The van der Waals surface area contributed by atoms with E-state index in [1.54, 1.807) is 0 Å². The number of hydrogen-bond acceptors (Lipinski definition) is 2. The van der Waals surface area contributed by atoms with Gasteiger partial charge in [0.25, 0.3) is 0 Å². The summed E-state index contributed by atoms with van der Waals surface area (Å²) in [5.74, 6) is 1.05. The third kappa shape index (κ3) is 2.96. The molecule has 1 rings (SSSR count). The molecular formula is C11H22O2. The van der Waals surface area contributed by atoms with Crippen LogP contribution in [0.1, 0.15) is 41.0 Å². The lowest BCUT2D eigenvalue weighted by molar-refractivity contribution is -0.118. The fraction of sp³-hybridized carbons (Fsp3) is 1.00. The van der Waals surface area contributed by atoms with Gasteiger partial charge in [-0.1, -0.05) is 20.8 Å². The zero-order valence-electron chi connectivity index (χ0n) is 9.37. The van der Waals surface area contributed by atoms with Gasteiger partial charge in [-0.05, 0) is 32.1 Å². The van der Waals surface area contributed by atoms with E-state index in [9.17, 15) is 5.11 Å². The van der Waals surface area contributed by atoms with Crippen LogP contribution in [0.25, 0.3) is 0 Å². The fourth-order valence-corrected chi connectivity index (χ4v) is 1.81. The predicted octanol–water partition coefficient (Wildman–Crippen LogP) is 2.21. The molecule has 0 aliphatic heterocycles. The van der Waals surface area contributed by atoms with E-state index in [0.717, 1.165) is 6.42 Å². The Morgan fingerprint density at radius 3 is 2.08 bits per heavy atom. The molecular weight excluding hydrogens is 164 g/mol. The first-order valence-corrected chi connectivity index (χ1v) is 5.20. The molecule has 2 heteroatoms. The molecule has 2 unspecified atom stereocenters. The summed E-state index contributed by atoms with van der Waals surface area (Å²) in [5.41, 5.74) is -0.726. The van der Waals surface area contributed by atoms with Crippen LogP contribution in [0.2, 0.25) is 0 Å². The highest BCUT2D eigenvalue weighted by atomic mass is 16.5. The van der Waals surface area contributed by atoms with Crippen molar-refractivity contribution in [1.29, 1.82) is 0 Å². The Kier molecular flexibility index (Phi) is 3.03. The Labute approximate surface area is 81.3 Å². The lowest BCUT2D eigenvalue weighted by Gasteiger charge is -2.32.